The van der Waals surface area contributed by atoms with Gasteiger partial charge in [-0.05, 0) is 57.2 Å². The molecule has 0 spiro atoms. The molecule has 1 saturated carbocycles. The van der Waals surface area contributed by atoms with Gasteiger partial charge in [-0.25, -0.2) is 4.79 Å². The predicted molar refractivity (Wildman–Crippen MR) is 115 cm³/mol. The molecular formula is C24H30N2O5. The van der Waals surface area contributed by atoms with Gasteiger partial charge in [0.1, 0.15) is 0 Å². The Bertz CT molecular complexity index is 896. The number of likely N-dealkylation sites (tertiary alicyclic amines) is 1. The lowest BCUT2D eigenvalue weighted by Crippen LogP contribution is -2.41. The summed E-state index contributed by atoms with van der Waals surface area (Å²) in [5, 5.41) is 2.88. The van der Waals surface area contributed by atoms with Gasteiger partial charge in [0.05, 0.1) is 36.2 Å². The number of epoxide rings is 1. The molecule has 3 fully saturated rings. The number of fused-ring (bicyclic) bond motifs is 2. The van der Waals surface area contributed by atoms with E-state index in [-0.39, 0.29) is 49.0 Å². The van der Waals surface area contributed by atoms with E-state index in [4.69, 9.17) is 9.47 Å². The lowest BCUT2D eigenvalue weighted by Gasteiger charge is -2.27. The van der Waals surface area contributed by atoms with Gasteiger partial charge < -0.3 is 14.8 Å². The Morgan fingerprint density at radius 3 is 2.48 bits per heavy atom. The SMILES string of the molecule is C=C(C)c1cccc(C(C)(C)NC(=O)OCCCN2C(=O)C3CC4OC4CC3C2=O)c1. The first-order chi connectivity index (χ1) is 14.7. The van der Waals surface area contributed by atoms with Crippen molar-refractivity contribution in [2.75, 3.05) is 13.2 Å². The first-order valence-corrected chi connectivity index (χ1v) is 10.9. The number of hydrogen-bond acceptors (Lipinski definition) is 5. The quantitative estimate of drug-likeness (QED) is 0.411. The molecule has 1 aromatic carbocycles. The Morgan fingerprint density at radius 2 is 1.87 bits per heavy atom. The molecule has 4 rings (SSSR count). The Hall–Kier alpha value is -2.67. The van der Waals surface area contributed by atoms with Crippen LogP contribution in [0.1, 0.15) is 51.2 Å². The highest BCUT2D eigenvalue weighted by Gasteiger charge is 2.58. The third kappa shape index (κ3) is 4.37. The van der Waals surface area contributed by atoms with Crippen LogP contribution in [0.3, 0.4) is 0 Å². The number of alkyl carbamates (subject to hydrolysis) is 1. The van der Waals surface area contributed by atoms with Crippen LogP contribution in [0.4, 0.5) is 4.79 Å². The van der Waals surface area contributed by atoms with Crippen molar-refractivity contribution in [3.8, 4) is 0 Å². The maximum atomic E-state index is 12.6. The lowest BCUT2D eigenvalue weighted by atomic mass is 9.81. The molecule has 4 atom stereocenters. The van der Waals surface area contributed by atoms with E-state index < -0.39 is 11.6 Å². The van der Waals surface area contributed by atoms with Crippen LogP contribution in [0.15, 0.2) is 30.8 Å². The van der Waals surface area contributed by atoms with E-state index in [1.54, 1.807) is 0 Å². The van der Waals surface area contributed by atoms with Crippen LogP contribution in [-0.4, -0.2) is 48.2 Å². The molecule has 4 unspecified atom stereocenters. The topological polar surface area (TPSA) is 88.2 Å². The predicted octanol–water partition coefficient (Wildman–Crippen LogP) is 3.23. The van der Waals surface area contributed by atoms with Gasteiger partial charge in [-0.3, -0.25) is 14.5 Å². The third-order valence-electron chi connectivity index (χ3n) is 6.56. The molecule has 1 aliphatic carbocycles. The number of nitrogens with zero attached hydrogens (tertiary/aromatic N) is 1. The molecule has 3 aliphatic rings. The second-order valence-corrected chi connectivity index (χ2v) is 9.33. The van der Waals surface area contributed by atoms with E-state index in [1.807, 2.05) is 45.0 Å². The fraction of sp³-hybridized carbons (Fsp3) is 0.542. The highest BCUT2D eigenvalue weighted by Crippen LogP contribution is 2.47. The van der Waals surface area contributed by atoms with E-state index in [9.17, 15) is 14.4 Å². The number of allylic oxidation sites excluding steroid dienone is 1. The molecule has 166 valence electrons. The van der Waals surface area contributed by atoms with Crippen LogP contribution in [0.2, 0.25) is 0 Å². The molecule has 0 bridgehead atoms. The van der Waals surface area contributed by atoms with Gasteiger partial charge in [0.25, 0.3) is 0 Å². The maximum absolute atomic E-state index is 12.6. The van der Waals surface area contributed by atoms with Gasteiger partial charge in [0, 0.05) is 6.54 Å². The van der Waals surface area contributed by atoms with Crippen molar-refractivity contribution in [1.29, 1.82) is 0 Å². The van der Waals surface area contributed by atoms with E-state index in [0.29, 0.717) is 19.3 Å². The molecule has 1 aromatic rings. The summed E-state index contributed by atoms with van der Waals surface area (Å²) in [6.07, 6.45) is 1.50. The number of carbonyl (C=O) groups excluding carboxylic acids is 3. The Labute approximate surface area is 182 Å². The monoisotopic (exact) mass is 426 g/mol. The van der Waals surface area contributed by atoms with Crippen LogP contribution in [0.25, 0.3) is 5.57 Å². The molecule has 7 nitrogen and oxygen atoms in total. The first kappa shape index (κ1) is 21.6. The zero-order valence-electron chi connectivity index (χ0n) is 18.3. The second-order valence-electron chi connectivity index (χ2n) is 9.33. The molecule has 2 aliphatic heterocycles. The van der Waals surface area contributed by atoms with Gasteiger partial charge in [-0.15, -0.1) is 0 Å². The average molecular weight is 427 g/mol. The largest absolute Gasteiger partial charge is 0.449 e. The van der Waals surface area contributed by atoms with Gasteiger partial charge in [0.2, 0.25) is 11.8 Å². The van der Waals surface area contributed by atoms with Crippen LogP contribution >= 0.6 is 0 Å². The van der Waals surface area contributed by atoms with E-state index in [2.05, 4.69) is 11.9 Å². The molecular weight excluding hydrogens is 396 g/mol. The summed E-state index contributed by atoms with van der Waals surface area (Å²) in [4.78, 5) is 38.8. The normalized spacial score (nSPS) is 26.9. The minimum absolute atomic E-state index is 0.105. The van der Waals surface area contributed by atoms with Crippen LogP contribution < -0.4 is 5.32 Å². The van der Waals surface area contributed by atoms with Crippen molar-refractivity contribution >= 4 is 23.5 Å². The van der Waals surface area contributed by atoms with Crippen LogP contribution in [0, 0.1) is 11.8 Å². The molecule has 2 heterocycles. The highest BCUT2D eigenvalue weighted by atomic mass is 16.6. The summed E-state index contributed by atoms with van der Waals surface area (Å²) >= 11 is 0. The van der Waals surface area contributed by atoms with Crippen molar-refractivity contribution in [3.05, 3.63) is 42.0 Å². The Balaban J connectivity index is 1.24. The molecule has 0 radical (unpaired) electrons. The van der Waals surface area contributed by atoms with Crippen molar-refractivity contribution in [1.82, 2.24) is 10.2 Å². The standard InChI is InChI=1S/C24H30N2O5/c1-14(2)15-7-5-8-16(11-15)24(3,4)25-23(29)30-10-6-9-26-21(27)17-12-19-20(31-19)13-18(17)22(26)28/h5,7-8,11,17-20H,1,6,9-10,12-13H2,2-4H3,(H,25,29). The molecule has 0 aromatic heterocycles. The summed E-state index contributed by atoms with van der Waals surface area (Å²) in [6.45, 7) is 10.1. The number of rotatable bonds is 7. The Morgan fingerprint density at radius 1 is 1.23 bits per heavy atom. The van der Waals surface area contributed by atoms with Gasteiger partial charge in [0.15, 0.2) is 0 Å². The van der Waals surface area contributed by atoms with Crippen molar-refractivity contribution in [2.24, 2.45) is 11.8 Å². The molecule has 1 N–H and O–H groups in total. The zero-order valence-corrected chi connectivity index (χ0v) is 18.3. The highest BCUT2D eigenvalue weighted by molar-refractivity contribution is 6.05. The number of benzene rings is 1. The number of amides is 3. The summed E-state index contributed by atoms with van der Waals surface area (Å²) in [7, 11) is 0. The van der Waals surface area contributed by atoms with Crippen LogP contribution in [-0.2, 0) is 24.6 Å². The third-order valence-corrected chi connectivity index (χ3v) is 6.56. The minimum Gasteiger partial charge on any atom is -0.449 e. The molecule has 2 saturated heterocycles. The molecule has 3 amide bonds. The first-order valence-electron chi connectivity index (χ1n) is 10.9. The summed E-state index contributed by atoms with van der Waals surface area (Å²) in [6, 6.07) is 7.87. The summed E-state index contributed by atoms with van der Waals surface area (Å²) in [5.74, 6) is -0.689. The van der Waals surface area contributed by atoms with E-state index >= 15 is 0 Å². The average Bonchev–Trinajstić information content (AvgIpc) is 3.45. The Kier molecular flexibility index (Phi) is 5.64. The number of imide groups is 1. The van der Waals surface area contributed by atoms with Gasteiger partial charge in [-0.2, -0.15) is 0 Å². The molecule has 31 heavy (non-hydrogen) atoms. The minimum atomic E-state index is -0.623. The lowest BCUT2D eigenvalue weighted by molar-refractivity contribution is -0.140. The van der Waals surface area contributed by atoms with Crippen molar-refractivity contribution < 1.29 is 23.9 Å². The molecule has 7 heteroatoms. The summed E-state index contributed by atoms with van der Waals surface area (Å²) < 4.78 is 10.8. The van der Waals surface area contributed by atoms with Crippen molar-refractivity contribution in [2.45, 2.75) is 57.8 Å². The van der Waals surface area contributed by atoms with Gasteiger partial charge >= 0.3 is 6.09 Å². The maximum Gasteiger partial charge on any atom is 0.407 e. The van der Waals surface area contributed by atoms with Crippen LogP contribution in [0.5, 0.6) is 0 Å². The summed E-state index contributed by atoms with van der Waals surface area (Å²) in [5.41, 5.74) is 2.30. The number of ether oxygens (including phenoxy) is 2. The fourth-order valence-corrected chi connectivity index (χ4v) is 4.62. The number of carbonyl (C=O) groups is 3. The van der Waals surface area contributed by atoms with E-state index in [0.717, 1.165) is 16.7 Å². The zero-order chi connectivity index (χ0) is 22.3. The second kappa shape index (κ2) is 8.11. The number of hydrogen-bond donors (Lipinski definition) is 1. The number of nitrogens with one attached hydrogen (secondary N) is 1. The van der Waals surface area contributed by atoms with Gasteiger partial charge in [-0.1, -0.05) is 30.4 Å². The van der Waals surface area contributed by atoms with E-state index in [1.165, 1.54) is 4.90 Å². The van der Waals surface area contributed by atoms with Crippen molar-refractivity contribution in [3.63, 3.8) is 0 Å². The smallest absolute Gasteiger partial charge is 0.407 e. The fourth-order valence-electron chi connectivity index (χ4n) is 4.62.